The van der Waals surface area contributed by atoms with Gasteiger partial charge in [0.2, 0.25) is 5.91 Å². The van der Waals surface area contributed by atoms with Crippen LogP contribution in [0.2, 0.25) is 0 Å². The van der Waals surface area contributed by atoms with E-state index in [1.54, 1.807) is 24.1 Å². The van der Waals surface area contributed by atoms with Crippen LogP contribution in [0, 0.1) is 11.6 Å². The van der Waals surface area contributed by atoms with Gasteiger partial charge in [-0.2, -0.15) is 8.78 Å². The third-order valence-corrected chi connectivity index (χ3v) is 3.22. The minimum absolute atomic E-state index is 0.0423. The minimum atomic E-state index is -2.89. The number of rotatable bonds is 7. The maximum absolute atomic E-state index is 13.5. The van der Waals surface area contributed by atoms with E-state index in [4.69, 9.17) is 0 Å². The molecule has 0 heterocycles. The molecule has 0 bridgehead atoms. The van der Waals surface area contributed by atoms with E-state index < -0.39 is 24.2 Å². The highest BCUT2D eigenvalue weighted by atomic mass is 19.3. The van der Waals surface area contributed by atoms with Crippen molar-refractivity contribution in [2.24, 2.45) is 0 Å². The van der Waals surface area contributed by atoms with Crippen LogP contribution in [0.5, 0.6) is 5.75 Å². The molecule has 134 valence electrons. The van der Waals surface area contributed by atoms with Crippen LogP contribution < -0.4 is 10.1 Å². The van der Waals surface area contributed by atoms with Crippen molar-refractivity contribution in [3.8, 4) is 5.75 Å². The van der Waals surface area contributed by atoms with Crippen LogP contribution in [0.3, 0.4) is 0 Å². The number of carbonyl (C=O) groups is 1. The number of likely N-dealkylation sites (N-methyl/N-ethyl adjacent to an activating group) is 1. The highest BCUT2D eigenvalue weighted by Gasteiger charge is 2.11. The minimum Gasteiger partial charge on any atom is -0.435 e. The fourth-order valence-corrected chi connectivity index (χ4v) is 2.17. The molecule has 2 aromatic rings. The molecular weight excluding hydrogens is 340 g/mol. The second-order valence-electron chi connectivity index (χ2n) is 5.37. The second-order valence-corrected chi connectivity index (χ2v) is 5.37. The average Bonchev–Trinajstić information content (AvgIpc) is 2.52. The summed E-state index contributed by atoms with van der Waals surface area (Å²) in [4.78, 5) is 13.5. The summed E-state index contributed by atoms with van der Waals surface area (Å²) >= 11 is 0. The molecule has 0 saturated carbocycles. The monoisotopic (exact) mass is 356 g/mol. The molecule has 0 aliphatic carbocycles. The third kappa shape index (κ3) is 6.07. The van der Waals surface area contributed by atoms with Gasteiger partial charge in [-0.25, -0.2) is 8.78 Å². The van der Waals surface area contributed by atoms with Crippen molar-refractivity contribution in [2.75, 3.05) is 18.9 Å². The molecule has 1 N–H and O–H groups in total. The number of carbonyl (C=O) groups excluding carboxylic acids is 1. The number of amides is 1. The van der Waals surface area contributed by atoms with Crippen LogP contribution in [-0.4, -0.2) is 31.0 Å². The fraction of sp³-hybridized carbons (Fsp3) is 0.235. The van der Waals surface area contributed by atoms with Crippen LogP contribution in [0.1, 0.15) is 5.56 Å². The Bertz CT molecular complexity index is 723. The molecule has 0 saturated heterocycles. The van der Waals surface area contributed by atoms with E-state index in [-0.39, 0.29) is 18.0 Å². The van der Waals surface area contributed by atoms with Gasteiger partial charge in [-0.15, -0.1) is 0 Å². The van der Waals surface area contributed by atoms with Crippen molar-refractivity contribution in [3.63, 3.8) is 0 Å². The topological polar surface area (TPSA) is 41.6 Å². The number of benzene rings is 2. The van der Waals surface area contributed by atoms with Gasteiger partial charge >= 0.3 is 6.61 Å². The lowest BCUT2D eigenvalue weighted by atomic mass is 10.2. The second kappa shape index (κ2) is 8.48. The Hall–Kier alpha value is -2.61. The number of hydrogen-bond donors (Lipinski definition) is 1. The molecule has 4 nitrogen and oxygen atoms in total. The van der Waals surface area contributed by atoms with Crippen LogP contribution in [0.4, 0.5) is 23.2 Å². The summed E-state index contributed by atoms with van der Waals surface area (Å²) in [6.45, 7) is -2.60. The average molecular weight is 356 g/mol. The number of nitrogens with one attached hydrogen (secondary N) is 1. The van der Waals surface area contributed by atoms with E-state index in [9.17, 15) is 22.4 Å². The fourth-order valence-electron chi connectivity index (χ4n) is 2.17. The highest BCUT2D eigenvalue weighted by molar-refractivity contribution is 5.92. The predicted octanol–water partition coefficient (Wildman–Crippen LogP) is 3.64. The number of anilines is 1. The zero-order chi connectivity index (χ0) is 18.4. The van der Waals surface area contributed by atoms with Crippen LogP contribution in [-0.2, 0) is 11.3 Å². The van der Waals surface area contributed by atoms with Crippen molar-refractivity contribution >= 4 is 11.6 Å². The lowest BCUT2D eigenvalue weighted by molar-refractivity contribution is -0.117. The van der Waals surface area contributed by atoms with E-state index in [1.165, 1.54) is 12.1 Å². The van der Waals surface area contributed by atoms with Crippen molar-refractivity contribution in [1.29, 1.82) is 0 Å². The van der Waals surface area contributed by atoms with E-state index in [0.717, 1.165) is 23.8 Å². The first-order chi connectivity index (χ1) is 11.8. The highest BCUT2D eigenvalue weighted by Crippen LogP contribution is 2.17. The largest absolute Gasteiger partial charge is 0.435 e. The molecule has 0 radical (unpaired) electrons. The summed E-state index contributed by atoms with van der Waals surface area (Å²) < 4.78 is 55.0. The molecule has 2 aromatic carbocycles. The van der Waals surface area contributed by atoms with E-state index >= 15 is 0 Å². The van der Waals surface area contributed by atoms with E-state index in [1.807, 2.05) is 0 Å². The number of alkyl halides is 2. The molecule has 0 spiro atoms. The number of ether oxygens (including phenoxy) is 1. The van der Waals surface area contributed by atoms with E-state index in [2.05, 4.69) is 10.1 Å². The number of nitrogens with zero attached hydrogens (tertiary/aromatic N) is 1. The Balaban J connectivity index is 1.87. The van der Waals surface area contributed by atoms with Gasteiger partial charge in [-0.1, -0.05) is 12.1 Å². The van der Waals surface area contributed by atoms with Crippen molar-refractivity contribution in [1.82, 2.24) is 4.90 Å². The maximum Gasteiger partial charge on any atom is 0.387 e. The molecule has 0 fully saturated rings. The normalized spacial score (nSPS) is 11.0. The molecule has 8 heteroatoms. The summed E-state index contributed by atoms with van der Waals surface area (Å²) in [5.74, 6) is -1.85. The predicted molar refractivity (Wildman–Crippen MR) is 84.4 cm³/mol. The molecule has 2 rings (SSSR count). The first-order valence-corrected chi connectivity index (χ1v) is 7.30. The first-order valence-electron chi connectivity index (χ1n) is 7.30. The molecular formula is C17H16F4N2O2. The van der Waals surface area contributed by atoms with Crippen LogP contribution in [0.15, 0.2) is 42.5 Å². The smallest absolute Gasteiger partial charge is 0.387 e. The van der Waals surface area contributed by atoms with Crippen molar-refractivity contribution in [2.45, 2.75) is 13.2 Å². The number of hydrogen-bond acceptors (Lipinski definition) is 3. The zero-order valence-corrected chi connectivity index (χ0v) is 13.3. The van der Waals surface area contributed by atoms with Gasteiger partial charge in [0.1, 0.15) is 17.4 Å². The summed E-state index contributed by atoms with van der Waals surface area (Å²) in [5.41, 5.74) is 0.542. The molecule has 0 aromatic heterocycles. The molecule has 0 unspecified atom stereocenters. The third-order valence-electron chi connectivity index (χ3n) is 3.22. The van der Waals surface area contributed by atoms with Gasteiger partial charge in [0, 0.05) is 12.6 Å². The molecule has 0 aliphatic heterocycles. The molecule has 0 atom stereocenters. The van der Waals surface area contributed by atoms with Gasteiger partial charge in [0.25, 0.3) is 0 Å². The summed E-state index contributed by atoms with van der Waals surface area (Å²) in [7, 11) is 1.66. The Morgan fingerprint density at radius 3 is 2.48 bits per heavy atom. The van der Waals surface area contributed by atoms with Gasteiger partial charge in [0.15, 0.2) is 0 Å². The lowest BCUT2D eigenvalue weighted by Crippen LogP contribution is -2.30. The number of halogens is 4. The Kier molecular flexibility index (Phi) is 6.35. The lowest BCUT2D eigenvalue weighted by Gasteiger charge is -2.17. The van der Waals surface area contributed by atoms with Crippen molar-refractivity contribution < 1.29 is 27.1 Å². The first kappa shape index (κ1) is 18.7. The van der Waals surface area contributed by atoms with Crippen LogP contribution in [0.25, 0.3) is 0 Å². The SMILES string of the molecule is CN(CC(=O)Nc1cc(F)ccc1F)Cc1ccc(OC(F)F)cc1. The molecule has 25 heavy (non-hydrogen) atoms. The summed E-state index contributed by atoms with van der Waals surface area (Å²) in [6.07, 6.45) is 0. The van der Waals surface area contributed by atoms with Gasteiger partial charge in [0.05, 0.1) is 12.2 Å². The maximum atomic E-state index is 13.5. The molecule has 1 amide bonds. The Morgan fingerprint density at radius 2 is 1.84 bits per heavy atom. The van der Waals surface area contributed by atoms with Crippen molar-refractivity contribution in [3.05, 3.63) is 59.7 Å². The van der Waals surface area contributed by atoms with E-state index in [0.29, 0.717) is 6.54 Å². The van der Waals surface area contributed by atoms with Crippen LogP contribution >= 0.6 is 0 Å². The van der Waals surface area contributed by atoms with Gasteiger partial charge in [-0.05, 0) is 36.9 Å². The Labute approximate surface area is 142 Å². The Morgan fingerprint density at radius 1 is 1.16 bits per heavy atom. The standard InChI is InChI=1S/C17H16F4N2O2/c1-23(9-11-2-5-13(6-3-11)25-17(20)21)10-16(24)22-15-8-12(18)4-7-14(15)19/h2-8,17H,9-10H2,1H3,(H,22,24). The quantitative estimate of drug-likeness (QED) is 0.771. The summed E-state index contributed by atoms with van der Waals surface area (Å²) in [6, 6.07) is 8.77. The zero-order valence-electron chi connectivity index (χ0n) is 13.3. The van der Waals surface area contributed by atoms with Gasteiger partial charge in [-0.3, -0.25) is 9.69 Å². The van der Waals surface area contributed by atoms with Gasteiger partial charge < -0.3 is 10.1 Å². The molecule has 0 aliphatic rings. The summed E-state index contributed by atoms with van der Waals surface area (Å²) in [5, 5.41) is 2.30.